The number of rotatable bonds is 8. The molecule has 1 aliphatic carbocycles. The number of nitrogens with one attached hydrogen (secondary N) is 2. The number of guanidine groups is 1. The summed E-state index contributed by atoms with van der Waals surface area (Å²) in [6.45, 7) is 6.79. The Bertz CT molecular complexity index is 586. The number of nitrogens with zero attached hydrogens (tertiary/aromatic N) is 1. The van der Waals surface area contributed by atoms with E-state index in [1.165, 1.54) is 25.7 Å². The van der Waals surface area contributed by atoms with Crippen LogP contribution in [0.2, 0.25) is 0 Å². The number of methoxy groups -OCH3 is 3. The van der Waals surface area contributed by atoms with Gasteiger partial charge in [0, 0.05) is 13.1 Å². The van der Waals surface area contributed by atoms with E-state index >= 15 is 0 Å². The molecule has 0 amide bonds. The van der Waals surface area contributed by atoms with E-state index in [0.29, 0.717) is 23.8 Å². The van der Waals surface area contributed by atoms with Crippen molar-refractivity contribution in [1.29, 1.82) is 0 Å². The molecule has 27 heavy (non-hydrogen) atoms. The van der Waals surface area contributed by atoms with E-state index in [2.05, 4.69) is 24.5 Å². The van der Waals surface area contributed by atoms with E-state index in [0.717, 1.165) is 36.4 Å². The van der Waals surface area contributed by atoms with Crippen LogP contribution in [0.25, 0.3) is 0 Å². The molecule has 0 aliphatic heterocycles. The number of benzene rings is 1. The molecule has 0 heterocycles. The Labute approximate surface area is 163 Å². The molecule has 0 aromatic heterocycles. The Morgan fingerprint density at radius 2 is 1.63 bits per heavy atom. The summed E-state index contributed by atoms with van der Waals surface area (Å²) < 4.78 is 16.2. The molecule has 0 bridgehead atoms. The van der Waals surface area contributed by atoms with Crippen molar-refractivity contribution in [1.82, 2.24) is 10.6 Å². The number of ether oxygens (including phenoxy) is 3. The first-order chi connectivity index (χ1) is 13.1. The number of hydrogen-bond donors (Lipinski definition) is 2. The second-order valence-corrected chi connectivity index (χ2v) is 7.24. The Balaban J connectivity index is 2.03. The highest BCUT2D eigenvalue weighted by molar-refractivity contribution is 5.79. The van der Waals surface area contributed by atoms with Crippen molar-refractivity contribution in [2.24, 2.45) is 16.8 Å². The van der Waals surface area contributed by atoms with E-state index in [9.17, 15) is 0 Å². The molecule has 0 spiro atoms. The third kappa shape index (κ3) is 6.22. The molecule has 1 aromatic carbocycles. The lowest BCUT2D eigenvalue weighted by molar-refractivity contribution is 0.289. The van der Waals surface area contributed by atoms with Crippen molar-refractivity contribution in [3.63, 3.8) is 0 Å². The Morgan fingerprint density at radius 3 is 2.15 bits per heavy atom. The molecular formula is C21H35N3O3. The van der Waals surface area contributed by atoms with Gasteiger partial charge in [0.15, 0.2) is 17.5 Å². The normalized spacial score (nSPS) is 20.1. The van der Waals surface area contributed by atoms with Crippen LogP contribution in [0.3, 0.4) is 0 Å². The van der Waals surface area contributed by atoms with Crippen molar-refractivity contribution < 1.29 is 14.2 Å². The van der Waals surface area contributed by atoms with E-state index in [1.807, 2.05) is 12.1 Å². The topological polar surface area (TPSA) is 64.1 Å². The fraction of sp³-hybridized carbons (Fsp3) is 0.667. The highest BCUT2D eigenvalue weighted by atomic mass is 16.5. The molecule has 1 fully saturated rings. The summed E-state index contributed by atoms with van der Waals surface area (Å²) >= 11 is 0. The summed E-state index contributed by atoms with van der Waals surface area (Å²) in [6.07, 6.45) is 5.29. The van der Waals surface area contributed by atoms with Crippen molar-refractivity contribution in [2.75, 3.05) is 34.4 Å². The first-order valence-electron chi connectivity index (χ1n) is 9.92. The van der Waals surface area contributed by atoms with Gasteiger partial charge in [-0.05, 0) is 49.3 Å². The Kier molecular flexibility index (Phi) is 8.55. The summed E-state index contributed by atoms with van der Waals surface area (Å²) in [4.78, 5) is 4.73. The van der Waals surface area contributed by atoms with Crippen LogP contribution < -0.4 is 24.8 Å². The van der Waals surface area contributed by atoms with Crippen molar-refractivity contribution >= 4 is 5.96 Å². The average Bonchev–Trinajstić information content (AvgIpc) is 2.70. The van der Waals surface area contributed by atoms with Crippen molar-refractivity contribution in [2.45, 2.75) is 46.1 Å². The Hall–Kier alpha value is -2.11. The molecule has 0 saturated heterocycles. The molecular weight excluding hydrogens is 342 g/mol. The van der Waals surface area contributed by atoms with E-state index in [1.54, 1.807) is 21.3 Å². The van der Waals surface area contributed by atoms with Gasteiger partial charge in [-0.25, -0.2) is 4.99 Å². The van der Waals surface area contributed by atoms with E-state index < -0.39 is 0 Å². The van der Waals surface area contributed by atoms with Gasteiger partial charge in [-0.1, -0.05) is 19.8 Å². The maximum absolute atomic E-state index is 5.42. The molecule has 152 valence electrons. The molecule has 1 aliphatic rings. The van der Waals surface area contributed by atoms with Gasteiger partial charge in [0.25, 0.3) is 0 Å². The second kappa shape index (κ2) is 10.9. The fourth-order valence-corrected chi connectivity index (χ4v) is 3.51. The van der Waals surface area contributed by atoms with Crippen LogP contribution in [-0.4, -0.2) is 40.4 Å². The van der Waals surface area contributed by atoms with Crippen LogP contribution in [0, 0.1) is 11.8 Å². The highest BCUT2D eigenvalue weighted by Gasteiger charge is 2.18. The average molecular weight is 378 g/mol. The van der Waals surface area contributed by atoms with Gasteiger partial charge in [0.1, 0.15) is 0 Å². The lowest BCUT2D eigenvalue weighted by Crippen LogP contribution is -2.40. The summed E-state index contributed by atoms with van der Waals surface area (Å²) in [7, 11) is 4.86. The summed E-state index contributed by atoms with van der Waals surface area (Å²) in [5.41, 5.74) is 1.01. The molecule has 0 unspecified atom stereocenters. The van der Waals surface area contributed by atoms with Crippen LogP contribution in [0.15, 0.2) is 17.1 Å². The van der Waals surface area contributed by atoms with Gasteiger partial charge in [0.05, 0.1) is 27.9 Å². The molecule has 1 saturated carbocycles. The fourth-order valence-electron chi connectivity index (χ4n) is 3.51. The standard InChI is InChI=1S/C21H35N3O3/c1-6-22-21(23-13-16-9-7-15(2)8-10-16)24-14-17-11-18(25-3)20(27-5)19(12-17)26-4/h11-12,15-16H,6-10,13-14H2,1-5H3,(H2,22,23,24). The minimum Gasteiger partial charge on any atom is -0.493 e. The molecule has 0 atom stereocenters. The number of aliphatic imine (C=N–C) groups is 1. The molecule has 0 radical (unpaired) electrons. The molecule has 6 heteroatoms. The number of hydrogen-bond acceptors (Lipinski definition) is 4. The van der Waals surface area contributed by atoms with E-state index in [-0.39, 0.29) is 0 Å². The monoisotopic (exact) mass is 377 g/mol. The largest absolute Gasteiger partial charge is 0.493 e. The maximum atomic E-state index is 5.42. The Morgan fingerprint density at radius 1 is 1.00 bits per heavy atom. The van der Waals surface area contributed by atoms with Gasteiger partial charge in [-0.15, -0.1) is 0 Å². The quantitative estimate of drug-likeness (QED) is 0.535. The summed E-state index contributed by atoms with van der Waals surface area (Å²) in [6, 6.07) is 3.88. The van der Waals surface area contributed by atoms with Gasteiger partial charge >= 0.3 is 0 Å². The van der Waals surface area contributed by atoms with Crippen molar-refractivity contribution in [3.05, 3.63) is 17.7 Å². The zero-order chi connectivity index (χ0) is 19.6. The zero-order valence-corrected chi connectivity index (χ0v) is 17.4. The summed E-state index contributed by atoms with van der Waals surface area (Å²) in [5, 5.41) is 6.84. The second-order valence-electron chi connectivity index (χ2n) is 7.24. The van der Waals surface area contributed by atoms with Crippen LogP contribution in [-0.2, 0) is 6.54 Å². The molecule has 2 rings (SSSR count). The van der Waals surface area contributed by atoms with Gasteiger partial charge in [-0.2, -0.15) is 0 Å². The van der Waals surface area contributed by atoms with Crippen molar-refractivity contribution in [3.8, 4) is 17.2 Å². The van der Waals surface area contributed by atoms with Crippen LogP contribution in [0.1, 0.15) is 45.1 Å². The summed E-state index contributed by atoms with van der Waals surface area (Å²) in [5.74, 6) is 4.37. The maximum Gasteiger partial charge on any atom is 0.203 e. The SMILES string of the molecule is CCNC(=NCc1cc(OC)c(OC)c(OC)c1)NCC1CCC(C)CC1. The third-order valence-corrected chi connectivity index (χ3v) is 5.18. The van der Waals surface area contributed by atoms with Gasteiger partial charge in [-0.3, -0.25) is 0 Å². The van der Waals surface area contributed by atoms with Crippen LogP contribution in [0.4, 0.5) is 0 Å². The zero-order valence-electron chi connectivity index (χ0n) is 17.4. The van der Waals surface area contributed by atoms with Crippen LogP contribution in [0.5, 0.6) is 17.2 Å². The lowest BCUT2D eigenvalue weighted by atomic mass is 9.83. The van der Waals surface area contributed by atoms with Crippen LogP contribution >= 0.6 is 0 Å². The predicted octanol–water partition coefficient (Wildman–Crippen LogP) is 3.59. The predicted molar refractivity (Wildman–Crippen MR) is 110 cm³/mol. The minimum atomic E-state index is 0.535. The van der Waals surface area contributed by atoms with Gasteiger partial charge in [0.2, 0.25) is 5.75 Å². The van der Waals surface area contributed by atoms with E-state index in [4.69, 9.17) is 19.2 Å². The first kappa shape index (κ1) is 21.2. The van der Waals surface area contributed by atoms with Gasteiger partial charge < -0.3 is 24.8 Å². The minimum absolute atomic E-state index is 0.535. The smallest absolute Gasteiger partial charge is 0.203 e. The molecule has 6 nitrogen and oxygen atoms in total. The molecule has 2 N–H and O–H groups in total. The molecule has 1 aromatic rings. The third-order valence-electron chi connectivity index (χ3n) is 5.18. The lowest BCUT2D eigenvalue weighted by Gasteiger charge is -2.26. The first-order valence-corrected chi connectivity index (χ1v) is 9.92. The highest BCUT2D eigenvalue weighted by Crippen LogP contribution is 2.38.